The standard InChI is InChI=1S/C22H22ClNO2/c23-20-10-6-18(7-11-20)16-24-21(25)19-8-4-17(5-9-19)12-15-22(26)13-2-1-3-14-22/h4-11,26H,1-3,13-14,16H2,(H,24,25). The minimum absolute atomic E-state index is 0.134. The van der Waals surface area contributed by atoms with Gasteiger partial charge in [-0.25, -0.2) is 0 Å². The summed E-state index contributed by atoms with van der Waals surface area (Å²) >= 11 is 5.85. The van der Waals surface area contributed by atoms with Crippen LogP contribution in [0.25, 0.3) is 0 Å². The van der Waals surface area contributed by atoms with Crippen molar-refractivity contribution < 1.29 is 9.90 Å². The van der Waals surface area contributed by atoms with E-state index >= 15 is 0 Å². The molecule has 0 saturated heterocycles. The summed E-state index contributed by atoms with van der Waals surface area (Å²) in [5.74, 6) is 5.91. The molecule has 0 radical (unpaired) electrons. The predicted molar refractivity (Wildman–Crippen MR) is 104 cm³/mol. The summed E-state index contributed by atoms with van der Waals surface area (Å²) in [7, 11) is 0. The lowest BCUT2D eigenvalue weighted by Gasteiger charge is -2.26. The second-order valence-electron chi connectivity index (χ2n) is 6.73. The molecule has 3 rings (SSSR count). The summed E-state index contributed by atoms with van der Waals surface area (Å²) < 4.78 is 0. The second-order valence-corrected chi connectivity index (χ2v) is 7.17. The molecule has 1 aliphatic rings. The van der Waals surface area contributed by atoms with Crippen LogP contribution in [0.2, 0.25) is 5.02 Å². The van der Waals surface area contributed by atoms with Crippen molar-refractivity contribution in [1.29, 1.82) is 0 Å². The van der Waals surface area contributed by atoms with Crippen molar-refractivity contribution in [3.8, 4) is 11.8 Å². The van der Waals surface area contributed by atoms with Gasteiger partial charge in [0.2, 0.25) is 0 Å². The Balaban J connectivity index is 1.58. The molecule has 1 fully saturated rings. The number of hydrogen-bond acceptors (Lipinski definition) is 2. The Labute approximate surface area is 159 Å². The molecule has 2 N–H and O–H groups in total. The molecule has 0 atom stereocenters. The van der Waals surface area contributed by atoms with Crippen LogP contribution < -0.4 is 5.32 Å². The summed E-state index contributed by atoms with van der Waals surface area (Å²) in [5.41, 5.74) is 1.53. The number of benzene rings is 2. The van der Waals surface area contributed by atoms with E-state index in [1.165, 1.54) is 6.42 Å². The molecule has 0 spiro atoms. The van der Waals surface area contributed by atoms with Gasteiger partial charge in [-0.15, -0.1) is 0 Å². The van der Waals surface area contributed by atoms with Crippen molar-refractivity contribution >= 4 is 17.5 Å². The van der Waals surface area contributed by atoms with E-state index in [0.717, 1.165) is 36.8 Å². The van der Waals surface area contributed by atoms with E-state index in [9.17, 15) is 9.90 Å². The van der Waals surface area contributed by atoms with Gasteiger partial charge >= 0.3 is 0 Å². The quantitative estimate of drug-likeness (QED) is 0.794. The van der Waals surface area contributed by atoms with Crippen molar-refractivity contribution in [3.63, 3.8) is 0 Å². The summed E-state index contributed by atoms with van der Waals surface area (Å²) in [6.07, 6.45) is 4.70. The van der Waals surface area contributed by atoms with Gasteiger partial charge in [0.25, 0.3) is 5.91 Å². The van der Waals surface area contributed by atoms with Crippen LogP contribution in [-0.2, 0) is 6.54 Å². The van der Waals surface area contributed by atoms with E-state index in [1.54, 1.807) is 24.3 Å². The highest BCUT2D eigenvalue weighted by molar-refractivity contribution is 6.30. The van der Waals surface area contributed by atoms with Crippen molar-refractivity contribution in [2.75, 3.05) is 0 Å². The Morgan fingerprint density at radius 1 is 1.04 bits per heavy atom. The van der Waals surface area contributed by atoms with E-state index in [0.29, 0.717) is 17.1 Å². The molecule has 2 aromatic rings. The predicted octanol–water partition coefficient (Wildman–Crippen LogP) is 4.32. The minimum atomic E-state index is -0.854. The third-order valence-electron chi connectivity index (χ3n) is 4.63. The number of rotatable bonds is 3. The van der Waals surface area contributed by atoms with Gasteiger partial charge in [-0.2, -0.15) is 0 Å². The van der Waals surface area contributed by atoms with Crippen LogP contribution in [0.3, 0.4) is 0 Å². The van der Waals surface area contributed by atoms with Gasteiger partial charge in [-0.05, 0) is 67.6 Å². The van der Waals surface area contributed by atoms with Crippen LogP contribution in [0.5, 0.6) is 0 Å². The van der Waals surface area contributed by atoms with Crippen molar-refractivity contribution in [1.82, 2.24) is 5.32 Å². The monoisotopic (exact) mass is 367 g/mol. The SMILES string of the molecule is O=C(NCc1ccc(Cl)cc1)c1ccc(C#CC2(O)CCCCC2)cc1. The zero-order chi connectivity index (χ0) is 18.4. The van der Waals surface area contributed by atoms with E-state index in [1.807, 2.05) is 24.3 Å². The van der Waals surface area contributed by atoms with Gasteiger partial charge in [0.1, 0.15) is 5.60 Å². The zero-order valence-electron chi connectivity index (χ0n) is 14.6. The molecule has 0 unspecified atom stereocenters. The molecule has 3 nitrogen and oxygen atoms in total. The number of amides is 1. The Bertz CT molecular complexity index is 810. The molecule has 0 aromatic heterocycles. The third-order valence-corrected chi connectivity index (χ3v) is 4.89. The summed E-state index contributed by atoms with van der Waals surface area (Å²) in [5, 5.41) is 14.0. The molecule has 1 saturated carbocycles. The smallest absolute Gasteiger partial charge is 0.251 e. The minimum Gasteiger partial charge on any atom is -0.378 e. The van der Waals surface area contributed by atoms with E-state index in [-0.39, 0.29) is 5.91 Å². The molecule has 134 valence electrons. The fraction of sp³-hybridized carbons (Fsp3) is 0.318. The lowest BCUT2D eigenvalue weighted by molar-refractivity contribution is 0.0610. The normalized spacial score (nSPS) is 15.6. The highest BCUT2D eigenvalue weighted by Gasteiger charge is 2.26. The van der Waals surface area contributed by atoms with E-state index in [2.05, 4.69) is 17.2 Å². The van der Waals surface area contributed by atoms with Crippen LogP contribution in [0.15, 0.2) is 48.5 Å². The fourth-order valence-electron chi connectivity index (χ4n) is 3.04. The Hall–Kier alpha value is -2.28. The molecule has 0 aliphatic heterocycles. The van der Waals surface area contributed by atoms with Gasteiger partial charge in [-0.1, -0.05) is 42.0 Å². The van der Waals surface area contributed by atoms with Crippen molar-refractivity contribution in [3.05, 3.63) is 70.2 Å². The summed E-state index contributed by atoms with van der Waals surface area (Å²) in [6.45, 7) is 0.449. The molecule has 1 amide bonds. The Morgan fingerprint density at radius 2 is 1.69 bits per heavy atom. The van der Waals surface area contributed by atoms with Crippen LogP contribution in [-0.4, -0.2) is 16.6 Å². The lowest BCUT2D eigenvalue weighted by Crippen LogP contribution is -2.29. The van der Waals surface area contributed by atoms with Gasteiger partial charge in [0.05, 0.1) is 0 Å². The fourth-order valence-corrected chi connectivity index (χ4v) is 3.17. The Morgan fingerprint density at radius 3 is 2.35 bits per heavy atom. The zero-order valence-corrected chi connectivity index (χ0v) is 15.4. The van der Waals surface area contributed by atoms with Crippen molar-refractivity contribution in [2.24, 2.45) is 0 Å². The highest BCUT2D eigenvalue weighted by Crippen LogP contribution is 2.27. The van der Waals surface area contributed by atoms with Gasteiger partial charge < -0.3 is 10.4 Å². The number of halogens is 1. The first-order valence-electron chi connectivity index (χ1n) is 8.92. The molecule has 2 aromatic carbocycles. The molecule has 26 heavy (non-hydrogen) atoms. The third kappa shape index (κ3) is 5.11. The maximum atomic E-state index is 12.2. The van der Waals surface area contributed by atoms with Crippen LogP contribution >= 0.6 is 11.6 Å². The van der Waals surface area contributed by atoms with Crippen LogP contribution in [0, 0.1) is 11.8 Å². The van der Waals surface area contributed by atoms with Crippen LogP contribution in [0.1, 0.15) is 53.6 Å². The molecule has 0 heterocycles. The topological polar surface area (TPSA) is 49.3 Å². The number of hydrogen-bond donors (Lipinski definition) is 2. The van der Waals surface area contributed by atoms with Crippen LogP contribution in [0.4, 0.5) is 0 Å². The van der Waals surface area contributed by atoms with E-state index < -0.39 is 5.60 Å². The Kier molecular flexibility index (Phi) is 5.98. The van der Waals surface area contributed by atoms with Gasteiger partial charge in [0, 0.05) is 22.7 Å². The summed E-state index contributed by atoms with van der Waals surface area (Å²) in [6, 6.07) is 14.5. The molecule has 0 bridgehead atoms. The first-order chi connectivity index (χ1) is 12.5. The number of carbonyl (C=O) groups excluding carboxylic acids is 1. The second kappa shape index (κ2) is 8.40. The summed E-state index contributed by atoms with van der Waals surface area (Å²) in [4.78, 5) is 12.2. The number of aliphatic hydroxyl groups is 1. The molecular weight excluding hydrogens is 346 g/mol. The molecular formula is C22H22ClNO2. The average Bonchev–Trinajstić information content (AvgIpc) is 2.67. The first kappa shape index (κ1) is 18.5. The maximum absolute atomic E-state index is 12.2. The van der Waals surface area contributed by atoms with Gasteiger partial charge in [-0.3, -0.25) is 4.79 Å². The van der Waals surface area contributed by atoms with Gasteiger partial charge in [0.15, 0.2) is 0 Å². The lowest BCUT2D eigenvalue weighted by atomic mass is 9.85. The first-order valence-corrected chi connectivity index (χ1v) is 9.30. The maximum Gasteiger partial charge on any atom is 0.251 e. The van der Waals surface area contributed by atoms with E-state index in [4.69, 9.17) is 11.6 Å². The number of nitrogens with one attached hydrogen (secondary N) is 1. The average molecular weight is 368 g/mol. The largest absolute Gasteiger partial charge is 0.378 e. The molecule has 1 aliphatic carbocycles. The van der Waals surface area contributed by atoms with Crippen molar-refractivity contribution in [2.45, 2.75) is 44.2 Å². The molecule has 4 heteroatoms. The highest BCUT2D eigenvalue weighted by atomic mass is 35.5. The number of carbonyl (C=O) groups is 1.